The third-order valence-electron chi connectivity index (χ3n) is 4.19. The topological polar surface area (TPSA) is 60.2 Å². The molecule has 0 aromatic carbocycles. The van der Waals surface area contributed by atoms with Gasteiger partial charge in [0.15, 0.2) is 0 Å². The van der Waals surface area contributed by atoms with Crippen LogP contribution >= 0.6 is 0 Å². The minimum Gasteiger partial charge on any atom is -0.228 e. The zero-order valence-corrected chi connectivity index (χ0v) is 11.4. The Bertz CT molecular complexity index is 307. The van der Waals surface area contributed by atoms with Gasteiger partial charge in [0.2, 0.25) is 10.0 Å². The van der Waals surface area contributed by atoms with E-state index in [1.807, 2.05) is 13.8 Å². The molecule has 1 fully saturated rings. The van der Waals surface area contributed by atoms with Crippen molar-refractivity contribution in [3.05, 3.63) is 0 Å². The number of primary sulfonamides is 1. The summed E-state index contributed by atoms with van der Waals surface area (Å²) in [5.41, 5.74) is 0. The van der Waals surface area contributed by atoms with Gasteiger partial charge >= 0.3 is 0 Å². The van der Waals surface area contributed by atoms with Crippen molar-refractivity contribution in [2.45, 2.75) is 70.0 Å². The van der Waals surface area contributed by atoms with E-state index in [2.05, 4.69) is 0 Å². The first-order valence-corrected chi connectivity index (χ1v) is 8.05. The van der Waals surface area contributed by atoms with Crippen molar-refractivity contribution in [2.75, 3.05) is 0 Å². The summed E-state index contributed by atoms with van der Waals surface area (Å²) in [5, 5.41) is 5.51. The largest absolute Gasteiger partial charge is 0.228 e. The maximum Gasteiger partial charge on any atom is 0.215 e. The molecule has 1 saturated carbocycles. The van der Waals surface area contributed by atoms with Crippen LogP contribution in [0.5, 0.6) is 0 Å². The van der Waals surface area contributed by atoms with Gasteiger partial charge in [0.1, 0.15) is 0 Å². The van der Waals surface area contributed by atoms with Crippen LogP contribution in [0.25, 0.3) is 0 Å². The number of hydrogen-bond donors (Lipinski definition) is 1. The molecule has 1 aliphatic rings. The van der Waals surface area contributed by atoms with Crippen LogP contribution in [0, 0.1) is 5.92 Å². The number of sulfonamides is 1. The van der Waals surface area contributed by atoms with Crippen molar-refractivity contribution < 1.29 is 8.42 Å². The molecule has 0 saturated heterocycles. The van der Waals surface area contributed by atoms with Crippen molar-refractivity contribution >= 4 is 10.0 Å². The van der Waals surface area contributed by atoms with Gasteiger partial charge in [0.25, 0.3) is 0 Å². The summed E-state index contributed by atoms with van der Waals surface area (Å²) in [6, 6.07) is 0. The molecule has 0 aliphatic heterocycles. The van der Waals surface area contributed by atoms with Gasteiger partial charge < -0.3 is 0 Å². The lowest BCUT2D eigenvalue weighted by atomic mass is 9.76. The number of nitrogens with two attached hydrogens (primary N) is 1. The Hall–Kier alpha value is -0.0900. The maximum absolute atomic E-state index is 12.0. The van der Waals surface area contributed by atoms with Gasteiger partial charge in [-0.1, -0.05) is 39.5 Å². The second-order valence-corrected chi connectivity index (χ2v) is 6.95. The van der Waals surface area contributed by atoms with Gasteiger partial charge in [-0.15, -0.1) is 0 Å². The molecule has 0 heterocycles. The van der Waals surface area contributed by atoms with Crippen LogP contribution < -0.4 is 5.14 Å². The molecule has 0 amide bonds. The molecule has 4 heteroatoms. The van der Waals surface area contributed by atoms with E-state index in [1.165, 1.54) is 6.42 Å². The average molecular weight is 247 g/mol. The average Bonchev–Trinajstić information content (AvgIpc) is 2.25. The van der Waals surface area contributed by atoms with E-state index in [-0.39, 0.29) is 5.92 Å². The van der Waals surface area contributed by atoms with E-state index in [0.717, 1.165) is 32.1 Å². The monoisotopic (exact) mass is 247 g/mol. The Kier molecular flexibility index (Phi) is 4.80. The fourth-order valence-electron chi connectivity index (χ4n) is 3.30. The van der Waals surface area contributed by atoms with Gasteiger partial charge in [0, 0.05) is 0 Å². The fraction of sp³-hybridized carbons (Fsp3) is 1.00. The quantitative estimate of drug-likeness (QED) is 0.812. The van der Waals surface area contributed by atoms with Crippen molar-refractivity contribution in [3.8, 4) is 0 Å². The van der Waals surface area contributed by atoms with Gasteiger partial charge in [-0.3, -0.25) is 0 Å². The lowest BCUT2D eigenvalue weighted by Crippen LogP contribution is -2.49. The number of hydrogen-bond acceptors (Lipinski definition) is 2. The van der Waals surface area contributed by atoms with Crippen molar-refractivity contribution in [2.24, 2.45) is 11.1 Å². The van der Waals surface area contributed by atoms with Gasteiger partial charge in [-0.25, -0.2) is 13.6 Å². The molecule has 0 aromatic heterocycles. The Morgan fingerprint density at radius 3 is 2.12 bits per heavy atom. The Morgan fingerprint density at radius 1 is 1.19 bits per heavy atom. The highest BCUT2D eigenvalue weighted by molar-refractivity contribution is 7.90. The van der Waals surface area contributed by atoms with Crippen molar-refractivity contribution in [1.82, 2.24) is 0 Å². The molecule has 0 radical (unpaired) electrons. The zero-order valence-electron chi connectivity index (χ0n) is 10.5. The fourth-order valence-corrected chi connectivity index (χ4v) is 4.89. The number of rotatable bonds is 5. The third kappa shape index (κ3) is 2.59. The molecule has 0 aromatic rings. The van der Waals surface area contributed by atoms with Gasteiger partial charge in [-0.05, 0) is 31.6 Å². The molecule has 16 heavy (non-hydrogen) atoms. The van der Waals surface area contributed by atoms with Crippen LogP contribution in [0.1, 0.15) is 65.2 Å². The van der Waals surface area contributed by atoms with E-state index in [0.29, 0.717) is 12.8 Å². The molecule has 1 aliphatic carbocycles. The molecule has 1 atom stereocenters. The van der Waals surface area contributed by atoms with Crippen LogP contribution in [0.3, 0.4) is 0 Å². The lowest BCUT2D eigenvalue weighted by molar-refractivity contribution is 0.247. The smallest absolute Gasteiger partial charge is 0.215 e. The summed E-state index contributed by atoms with van der Waals surface area (Å²) >= 11 is 0. The SMILES string of the molecule is CCCC(CC)(C1CCCCC1)S(N)(=O)=O. The van der Waals surface area contributed by atoms with Gasteiger partial charge in [-0.2, -0.15) is 0 Å². The summed E-state index contributed by atoms with van der Waals surface area (Å²) in [6.45, 7) is 4.01. The summed E-state index contributed by atoms with van der Waals surface area (Å²) in [5.74, 6) is 0.279. The molecule has 3 nitrogen and oxygen atoms in total. The lowest BCUT2D eigenvalue weighted by Gasteiger charge is -2.40. The normalized spacial score (nSPS) is 22.9. The van der Waals surface area contributed by atoms with Crippen LogP contribution in [0.15, 0.2) is 0 Å². The van der Waals surface area contributed by atoms with Crippen LogP contribution in [-0.4, -0.2) is 13.2 Å². The van der Waals surface area contributed by atoms with E-state index in [4.69, 9.17) is 5.14 Å². The first kappa shape index (κ1) is 14.0. The van der Waals surface area contributed by atoms with Crippen molar-refractivity contribution in [3.63, 3.8) is 0 Å². The molecule has 0 bridgehead atoms. The summed E-state index contributed by atoms with van der Waals surface area (Å²) < 4.78 is 23.3. The van der Waals surface area contributed by atoms with Crippen LogP contribution in [0.2, 0.25) is 0 Å². The second-order valence-electron chi connectivity index (χ2n) is 5.05. The summed E-state index contributed by atoms with van der Waals surface area (Å²) in [7, 11) is -3.44. The molecule has 1 unspecified atom stereocenters. The van der Waals surface area contributed by atoms with Crippen molar-refractivity contribution in [1.29, 1.82) is 0 Å². The van der Waals surface area contributed by atoms with Crippen LogP contribution in [0.4, 0.5) is 0 Å². The zero-order chi connectivity index (χ0) is 12.2. The van der Waals surface area contributed by atoms with E-state index >= 15 is 0 Å². The summed E-state index contributed by atoms with van der Waals surface area (Å²) in [6.07, 6.45) is 7.89. The molecular formula is C12H25NO2S. The highest BCUT2D eigenvalue weighted by atomic mass is 32.2. The minimum atomic E-state index is -3.44. The Morgan fingerprint density at radius 2 is 1.75 bits per heavy atom. The van der Waals surface area contributed by atoms with E-state index in [9.17, 15) is 8.42 Å². The van der Waals surface area contributed by atoms with Crippen LogP contribution in [-0.2, 0) is 10.0 Å². The second kappa shape index (κ2) is 5.50. The van der Waals surface area contributed by atoms with Gasteiger partial charge in [0.05, 0.1) is 4.75 Å². The first-order chi connectivity index (χ1) is 7.48. The third-order valence-corrected chi connectivity index (χ3v) is 6.15. The Balaban J connectivity index is 3.00. The highest BCUT2D eigenvalue weighted by Gasteiger charge is 2.45. The summed E-state index contributed by atoms with van der Waals surface area (Å²) in [4.78, 5) is 0. The molecule has 0 spiro atoms. The molecule has 96 valence electrons. The maximum atomic E-state index is 12.0. The first-order valence-electron chi connectivity index (χ1n) is 6.50. The predicted molar refractivity (Wildman–Crippen MR) is 67.6 cm³/mol. The Labute approximate surface area is 99.8 Å². The predicted octanol–water partition coefficient (Wildman–Crippen LogP) is 2.80. The van der Waals surface area contributed by atoms with E-state index < -0.39 is 14.8 Å². The molecule has 1 rings (SSSR count). The van der Waals surface area contributed by atoms with E-state index in [1.54, 1.807) is 0 Å². The standard InChI is InChI=1S/C12H25NO2S/c1-3-10-12(4-2,16(13,14)15)11-8-6-5-7-9-11/h11H,3-10H2,1-2H3,(H2,13,14,15). The molecular weight excluding hydrogens is 222 g/mol. The highest BCUT2D eigenvalue weighted by Crippen LogP contribution is 2.41. The minimum absolute atomic E-state index is 0.279. The molecule has 2 N–H and O–H groups in total.